The molecule has 3 rings (SSSR count). The lowest BCUT2D eigenvalue weighted by Gasteiger charge is -2.23. The number of amides is 2. The van der Waals surface area contributed by atoms with E-state index in [1.165, 1.54) is 7.11 Å². The van der Waals surface area contributed by atoms with Crippen LogP contribution < -0.4 is 5.32 Å². The number of aromatic amines is 1. The van der Waals surface area contributed by atoms with E-state index in [1.807, 2.05) is 23.1 Å². The molecule has 2 aromatic rings. The van der Waals surface area contributed by atoms with Gasteiger partial charge in [0.05, 0.1) is 24.2 Å². The Kier molecular flexibility index (Phi) is 5.57. The molecule has 1 aromatic heterocycles. The summed E-state index contributed by atoms with van der Waals surface area (Å²) in [6.45, 7) is 1.17. The van der Waals surface area contributed by atoms with Crippen LogP contribution >= 0.6 is 15.9 Å². The van der Waals surface area contributed by atoms with Crippen molar-refractivity contribution in [1.82, 2.24) is 20.2 Å². The van der Waals surface area contributed by atoms with Crippen LogP contribution in [0.5, 0.6) is 0 Å². The molecule has 1 aromatic carbocycles. The topological polar surface area (TPSA) is 87.3 Å². The number of alkyl carbamates (subject to hydrolysis) is 1. The number of ether oxygens (including phenoxy) is 1. The number of hydrogen-bond acceptors (Lipinski definition) is 4. The number of imidazole rings is 1. The Morgan fingerprint density at radius 1 is 1.48 bits per heavy atom. The Labute approximate surface area is 154 Å². The molecule has 1 fully saturated rings. The molecule has 2 amide bonds. The predicted molar refractivity (Wildman–Crippen MR) is 97.1 cm³/mol. The zero-order chi connectivity index (χ0) is 17.8. The number of nitrogens with one attached hydrogen (secondary N) is 2. The van der Waals surface area contributed by atoms with Gasteiger partial charge in [0, 0.05) is 24.0 Å². The van der Waals surface area contributed by atoms with E-state index in [9.17, 15) is 9.59 Å². The molecule has 0 spiro atoms. The standard InChI is InChI=1S/C17H21BrN4O3/c1-25-17(24)19-8-2-5-15(23)22-9-3-4-14(22)16-20-12-7-6-11(18)10-13(12)21-16/h6-7,10,14H,2-5,8-9H2,1H3,(H,19,24)(H,20,21). The van der Waals surface area contributed by atoms with Crippen molar-refractivity contribution in [2.45, 2.75) is 31.7 Å². The second kappa shape index (κ2) is 7.86. The van der Waals surface area contributed by atoms with Crippen molar-refractivity contribution in [1.29, 1.82) is 0 Å². The van der Waals surface area contributed by atoms with Crippen molar-refractivity contribution in [2.24, 2.45) is 0 Å². The summed E-state index contributed by atoms with van der Waals surface area (Å²) in [5.41, 5.74) is 1.87. The van der Waals surface area contributed by atoms with E-state index in [0.29, 0.717) is 19.4 Å². The van der Waals surface area contributed by atoms with Gasteiger partial charge in [0.1, 0.15) is 5.82 Å². The third-order valence-electron chi connectivity index (χ3n) is 4.37. The van der Waals surface area contributed by atoms with Gasteiger partial charge in [-0.25, -0.2) is 9.78 Å². The molecule has 0 radical (unpaired) electrons. The molecule has 2 N–H and O–H groups in total. The Bertz CT molecular complexity index is 776. The average molecular weight is 409 g/mol. The van der Waals surface area contributed by atoms with Crippen LogP contribution in [0.2, 0.25) is 0 Å². The highest BCUT2D eigenvalue weighted by atomic mass is 79.9. The maximum absolute atomic E-state index is 12.5. The fourth-order valence-electron chi connectivity index (χ4n) is 3.15. The smallest absolute Gasteiger partial charge is 0.406 e. The zero-order valence-corrected chi connectivity index (χ0v) is 15.6. The number of hydrogen-bond donors (Lipinski definition) is 2. The number of nitrogens with zero attached hydrogens (tertiary/aromatic N) is 2. The molecular weight excluding hydrogens is 388 g/mol. The Balaban J connectivity index is 1.63. The quantitative estimate of drug-likeness (QED) is 0.743. The van der Waals surface area contributed by atoms with E-state index in [0.717, 1.165) is 40.7 Å². The molecular formula is C17H21BrN4O3. The van der Waals surface area contributed by atoms with Gasteiger partial charge in [0.15, 0.2) is 0 Å². The van der Waals surface area contributed by atoms with Gasteiger partial charge in [0.25, 0.3) is 0 Å². The second-order valence-electron chi connectivity index (χ2n) is 6.05. The molecule has 7 nitrogen and oxygen atoms in total. The van der Waals surface area contributed by atoms with Gasteiger partial charge in [-0.05, 0) is 37.5 Å². The molecule has 1 unspecified atom stereocenters. The van der Waals surface area contributed by atoms with Gasteiger partial charge >= 0.3 is 6.09 Å². The van der Waals surface area contributed by atoms with Gasteiger partial charge in [-0.3, -0.25) is 4.79 Å². The minimum atomic E-state index is -0.472. The lowest BCUT2D eigenvalue weighted by molar-refractivity contribution is -0.132. The summed E-state index contributed by atoms with van der Waals surface area (Å²) in [7, 11) is 1.32. The number of aromatic nitrogens is 2. The lowest BCUT2D eigenvalue weighted by atomic mass is 10.2. The SMILES string of the molecule is COC(=O)NCCCC(=O)N1CCCC1c1nc2ccc(Br)cc2[nH]1. The first kappa shape index (κ1) is 17.7. The Morgan fingerprint density at radius 2 is 2.32 bits per heavy atom. The minimum Gasteiger partial charge on any atom is -0.453 e. The van der Waals surface area contributed by atoms with Crippen molar-refractivity contribution in [2.75, 3.05) is 20.2 Å². The van der Waals surface area contributed by atoms with E-state index < -0.39 is 6.09 Å². The summed E-state index contributed by atoms with van der Waals surface area (Å²) in [5.74, 6) is 0.933. The second-order valence-corrected chi connectivity index (χ2v) is 6.97. The van der Waals surface area contributed by atoms with Gasteiger partial charge in [-0.15, -0.1) is 0 Å². The van der Waals surface area contributed by atoms with Gasteiger partial charge in [-0.2, -0.15) is 0 Å². The number of fused-ring (bicyclic) bond motifs is 1. The zero-order valence-electron chi connectivity index (χ0n) is 14.0. The number of likely N-dealkylation sites (tertiary alicyclic amines) is 1. The molecule has 1 aliphatic rings. The van der Waals surface area contributed by atoms with E-state index in [-0.39, 0.29) is 11.9 Å². The van der Waals surface area contributed by atoms with Crippen LogP contribution in [0.15, 0.2) is 22.7 Å². The third-order valence-corrected chi connectivity index (χ3v) is 4.87. The number of carbonyl (C=O) groups is 2. The molecule has 0 bridgehead atoms. The van der Waals surface area contributed by atoms with Gasteiger partial charge < -0.3 is 19.9 Å². The molecule has 134 valence electrons. The van der Waals surface area contributed by atoms with Crippen LogP contribution in [0.25, 0.3) is 11.0 Å². The van der Waals surface area contributed by atoms with E-state index >= 15 is 0 Å². The van der Waals surface area contributed by atoms with Crippen molar-refractivity contribution in [3.05, 3.63) is 28.5 Å². The number of benzene rings is 1. The van der Waals surface area contributed by atoms with Gasteiger partial charge in [0.2, 0.25) is 5.91 Å². The van der Waals surface area contributed by atoms with E-state index in [4.69, 9.17) is 0 Å². The largest absolute Gasteiger partial charge is 0.453 e. The maximum Gasteiger partial charge on any atom is 0.406 e. The fourth-order valence-corrected chi connectivity index (χ4v) is 3.52. The van der Waals surface area contributed by atoms with Crippen LogP contribution in [0.1, 0.15) is 37.5 Å². The number of carbonyl (C=O) groups excluding carboxylic acids is 2. The highest BCUT2D eigenvalue weighted by Crippen LogP contribution is 2.32. The average Bonchev–Trinajstić information content (AvgIpc) is 3.23. The summed E-state index contributed by atoms with van der Waals surface area (Å²) in [5, 5.41) is 2.59. The summed E-state index contributed by atoms with van der Waals surface area (Å²) in [6, 6.07) is 5.90. The monoisotopic (exact) mass is 408 g/mol. The number of H-pyrrole nitrogens is 1. The van der Waals surface area contributed by atoms with Crippen molar-refractivity contribution < 1.29 is 14.3 Å². The van der Waals surface area contributed by atoms with E-state index in [1.54, 1.807) is 0 Å². The summed E-state index contributed by atoms with van der Waals surface area (Å²) in [4.78, 5) is 33.5. The highest BCUT2D eigenvalue weighted by Gasteiger charge is 2.31. The van der Waals surface area contributed by atoms with Crippen LogP contribution in [-0.4, -0.2) is 47.1 Å². The lowest BCUT2D eigenvalue weighted by Crippen LogP contribution is -2.32. The molecule has 8 heteroatoms. The van der Waals surface area contributed by atoms with Gasteiger partial charge in [-0.1, -0.05) is 15.9 Å². The first-order chi connectivity index (χ1) is 12.1. The normalized spacial score (nSPS) is 17.0. The summed E-state index contributed by atoms with van der Waals surface area (Å²) < 4.78 is 5.50. The molecule has 0 saturated carbocycles. The Morgan fingerprint density at radius 3 is 3.12 bits per heavy atom. The summed E-state index contributed by atoms with van der Waals surface area (Å²) >= 11 is 3.46. The number of halogens is 1. The molecule has 2 heterocycles. The van der Waals surface area contributed by atoms with Crippen LogP contribution in [0.3, 0.4) is 0 Å². The summed E-state index contributed by atoms with van der Waals surface area (Å²) in [6.07, 6.45) is 2.39. The number of rotatable bonds is 5. The molecule has 1 saturated heterocycles. The van der Waals surface area contributed by atoms with Crippen molar-refractivity contribution in [3.63, 3.8) is 0 Å². The Hall–Kier alpha value is -2.09. The van der Waals surface area contributed by atoms with Crippen LogP contribution in [0, 0.1) is 0 Å². The third kappa shape index (κ3) is 4.12. The van der Waals surface area contributed by atoms with E-state index in [2.05, 4.69) is 36.0 Å². The predicted octanol–water partition coefficient (Wildman–Crippen LogP) is 3.13. The number of methoxy groups -OCH3 is 1. The van der Waals surface area contributed by atoms with Crippen molar-refractivity contribution >= 4 is 39.0 Å². The molecule has 1 aliphatic heterocycles. The first-order valence-electron chi connectivity index (χ1n) is 8.35. The van der Waals surface area contributed by atoms with Crippen molar-refractivity contribution in [3.8, 4) is 0 Å². The molecule has 1 atom stereocenters. The van der Waals surface area contributed by atoms with Crippen LogP contribution in [0.4, 0.5) is 4.79 Å². The minimum absolute atomic E-state index is 0.00718. The van der Waals surface area contributed by atoms with Crippen LogP contribution in [-0.2, 0) is 9.53 Å². The first-order valence-corrected chi connectivity index (χ1v) is 9.14. The molecule has 25 heavy (non-hydrogen) atoms. The fraction of sp³-hybridized carbons (Fsp3) is 0.471. The molecule has 0 aliphatic carbocycles. The maximum atomic E-state index is 12.5. The highest BCUT2D eigenvalue weighted by molar-refractivity contribution is 9.10.